The molecule has 0 saturated carbocycles. The van der Waals surface area contributed by atoms with Gasteiger partial charge in [-0.2, -0.15) is 0 Å². The lowest BCUT2D eigenvalue weighted by Gasteiger charge is -2.10. The minimum atomic E-state index is -3.16. The largest absolute Gasteiger partial charge is 0.355 e. The smallest absolute Gasteiger partial charge is 0.221 e. The average molecular weight is 286 g/mol. The fraction of sp³-hybridized carbons (Fsp3) is 0.889. The van der Waals surface area contributed by atoms with E-state index >= 15 is 0 Å². The number of hydrogen-bond donors (Lipinski definition) is 3. The maximum atomic E-state index is 11.4. The lowest BCUT2D eigenvalue weighted by molar-refractivity contribution is -0.121. The van der Waals surface area contributed by atoms with E-state index in [1.807, 2.05) is 0 Å². The van der Waals surface area contributed by atoms with Crippen molar-refractivity contribution in [3.63, 3.8) is 0 Å². The van der Waals surface area contributed by atoms with E-state index in [4.69, 9.17) is 0 Å². The Hall–Kier alpha value is -0.370. The van der Waals surface area contributed by atoms with E-state index in [0.717, 1.165) is 25.6 Å². The van der Waals surface area contributed by atoms with Crippen LogP contribution in [0.2, 0.25) is 0 Å². The van der Waals surface area contributed by atoms with Crippen molar-refractivity contribution in [2.45, 2.75) is 25.3 Å². The molecule has 1 aliphatic heterocycles. The highest BCUT2D eigenvalue weighted by atomic mass is 35.5. The van der Waals surface area contributed by atoms with Crippen molar-refractivity contribution in [1.82, 2.24) is 15.4 Å². The van der Waals surface area contributed by atoms with Crippen LogP contribution >= 0.6 is 12.4 Å². The quantitative estimate of drug-likeness (QED) is 0.559. The fourth-order valence-corrected chi connectivity index (χ4v) is 2.14. The normalized spacial score (nSPS) is 19.7. The van der Waals surface area contributed by atoms with Crippen LogP contribution in [-0.4, -0.2) is 46.3 Å². The monoisotopic (exact) mass is 285 g/mol. The molecule has 0 bridgehead atoms. The molecule has 1 aliphatic rings. The predicted molar refractivity (Wildman–Crippen MR) is 68.7 cm³/mol. The summed E-state index contributed by atoms with van der Waals surface area (Å²) in [7, 11) is -3.16. The van der Waals surface area contributed by atoms with Crippen LogP contribution in [0.3, 0.4) is 0 Å². The number of carbonyl (C=O) groups excluding carboxylic acids is 1. The van der Waals surface area contributed by atoms with E-state index < -0.39 is 10.0 Å². The molecule has 1 rings (SSSR count). The zero-order valence-electron chi connectivity index (χ0n) is 9.86. The van der Waals surface area contributed by atoms with Crippen LogP contribution in [0.4, 0.5) is 0 Å². The lowest BCUT2D eigenvalue weighted by Crippen LogP contribution is -2.36. The Kier molecular flexibility index (Phi) is 7.69. The molecule has 8 heteroatoms. The van der Waals surface area contributed by atoms with E-state index in [1.54, 1.807) is 0 Å². The van der Waals surface area contributed by atoms with Crippen molar-refractivity contribution in [3.8, 4) is 0 Å². The molecule has 0 aromatic carbocycles. The summed E-state index contributed by atoms with van der Waals surface area (Å²) in [6.45, 7) is 1.55. The second kappa shape index (κ2) is 7.86. The second-order valence-corrected chi connectivity index (χ2v) is 5.85. The first-order chi connectivity index (χ1) is 7.47. The zero-order chi connectivity index (χ0) is 12.0. The van der Waals surface area contributed by atoms with E-state index in [2.05, 4.69) is 15.4 Å². The minimum Gasteiger partial charge on any atom is -0.355 e. The van der Waals surface area contributed by atoms with Crippen LogP contribution in [-0.2, 0) is 14.8 Å². The molecule has 102 valence electrons. The van der Waals surface area contributed by atoms with Crippen LogP contribution in [0, 0.1) is 0 Å². The Morgan fingerprint density at radius 1 is 1.41 bits per heavy atom. The van der Waals surface area contributed by atoms with Gasteiger partial charge in [0, 0.05) is 25.6 Å². The van der Waals surface area contributed by atoms with Crippen LogP contribution in [0.15, 0.2) is 0 Å². The number of sulfonamides is 1. The second-order valence-electron chi connectivity index (χ2n) is 4.01. The summed E-state index contributed by atoms with van der Waals surface area (Å²) < 4.78 is 23.8. The van der Waals surface area contributed by atoms with Gasteiger partial charge >= 0.3 is 0 Å². The number of hydrogen-bond acceptors (Lipinski definition) is 4. The zero-order valence-corrected chi connectivity index (χ0v) is 11.5. The van der Waals surface area contributed by atoms with Gasteiger partial charge in [0.15, 0.2) is 0 Å². The molecule has 1 amide bonds. The summed E-state index contributed by atoms with van der Waals surface area (Å²) in [6, 6.07) is 0.280. The summed E-state index contributed by atoms with van der Waals surface area (Å²) >= 11 is 0. The number of rotatable bonds is 6. The topological polar surface area (TPSA) is 87.3 Å². The van der Waals surface area contributed by atoms with Gasteiger partial charge < -0.3 is 10.6 Å². The number of halogens is 1. The molecule has 0 radical (unpaired) electrons. The maximum Gasteiger partial charge on any atom is 0.221 e. The highest BCUT2D eigenvalue weighted by Gasteiger charge is 2.17. The van der Waals surface area contributed by atoms with Crippen molar-refractivity contribution in [2.24, 2.45) is 0 Å². The SMILES string of the molecule is CS(=O)(=O)NCCNC(=O)CC1CCCN1.Cl. The van der Waals surface area contributed by atoms with Crippen molar-refractivity contribution < 1.29 is 13.2 Å². The Balaban J connectivity index is 0.00000256. The Morgan fingerprint density at radius 2 is 2.12 bits per heavy atom. The van der Waals surface area contributed by atoms with Crippen LogP contribution < -0.4 is 15.4 Å². The minimum absolute atomic E-state index is 0. The maximum absolute atomic E-state index is 11.4. The van der Waals surface area contributed by atoms with Gasteiger partial charge in [0.2, 0.25) is 15.9 Å². The highest BCUT2D eigenvalue weighted by Crippen LogP contribution is 2.07. The number of carbonyl (C=O) groups is 1. The molecule has 0 aromatic heterocycles. The summed E-state index contributed by atoms with van der Waals surface area (Å²) in [5.41, 5.74) is 0. The van der Waals surface area contributed by atoms with Crippen molar-refractivity contribution >= 4 is 28.3 Å². The molecule has 0 aromatic rings. The van der Waals surface area contributed by atoms with Gasteiger partial charge in [-0.25, -0.2) is 13.1 Å². The van der Waals surface area contributed by atoms with Crippen molar-refractivity contribution in [1.29, 1.82) is 0 Å². The molecule has 17 heavy (non-hydrogen) atoms. The molecule has 1 atom stereocenters. The summed E-state index contributed by atoms with van der Waals surface area (Å²) in [5, 5.41) is 5.91. The molecule has 1 heterocycles. The molecule has 0 aliphatic carbocycles. The molecule has 3 N–H and O–H groups in total. The van der Waals surface area contributed by atoms with E-state index in [-0.39, 0.29) is 30.9 Å². The molecular formula is C9H20ClN3O3S. The first kappa shape index (κ1) is 16.6. The van der Waals surface area contributed by atoms with Gasteiger partial charge in [-0.05, 0) is 19.4 Å². The molecule has 1 fully saturated rings. The van der Waals surface area contributed by atoms with Gasteiger partial charge in [-0.1, -0.05) is 0 Å². The molecule has 1 unspecified atom stereocenters. The van der Waals surface area contributed by atoms with Crippen LogP contribution in [0.5, 0.6) is 0 Å². The predicted octanol–water partition coefficient (Wildman–Crippen LogP) is -0.784. The third kappa shape index (κ3) is 8.37. The summed E-state index contributed by atoms with van der Waals surface area (Å²) in [4.78, 5) is 11.4. The number of amides is 1. The number of nitrogens with one attached hydrogen (secondary N) is 3. The lowest BCUT2D eigenvalue weighted by atomic mass is 10.1. The van der Waals surface area contributed by atoms with Gasteiger partial charge in [0.1, 0.15) is 0 Å². The first-order valence-corrected chi connectivity index (χ1v) is 7.31. The molecule has 0 spiro atoms. The Labute approximate surface area is 108 Å². The molecular weight excluding hydrogens is 266 g/mol. The summed E-state index contributed by atoms with van der Waals surface area (Å²) in [5.74, 6) is -0.0327. The first-order valence-electron chi connectivity index (χ1n) is 5.42. The van der Waals surface area contributed by atoms with Crippen LogP contribution in [0.25, 0.3) is 0 Å². The van der Waals surface area contributed by atoms with Gasteiger partial charge in [0.05, 0.1) is 6.26 Å². The van der Waals surface area contributed by atoms with E-state index in [1.165, 1.54) is 0 Å². The Morgan fingerprint density at radius 3 is 2.65 bits per heavy atom. The van der Waals surface area contributed by atoms with Crippen molar-refractivity contribution in [2.75, 3.05) is 25.9 Å². The standard InChI is InChI=1S/C9H19N3O3S.ClH/c1-16(14,15)12-6-5-11-9(13)7-8-3-2-4-10-8;/h8,10,12H,2-7H2,1H3,(H,11,13);1H. The van der Waals surface area contributed by atoms with E-state index in [9.17, 15) is 13.2 Å². The third-order valence-corrected chi connectivity index (χ3v) is 3.13. The Bertz CT molecular complexity index is 328. The highest BCUT2D eigenvalue weighted by molar-refractivity contribution is 7.88. The fourth-order valence-electron chi connectivity index (χ4n) is 1.67. The van der Waals surface area contributed by atoms with E-state index in [0.29, 0.717) is 13.0 Å². The van der Waals surface area contributed by atoms with Gasteiger partial charge in [-0.15, -0.1) is 12.4 Å². The van der Waals surface area contributed by atoms with Gasteiger partial charge in [0.25, 0.3) is 0 Å². The average Bonchev–Trinajstić information content (AvgIpc) is 2.63. The molecule has 1 saturated heterocycles. The van der Waals surface area contributed by atoms with Crippen LogP contribution in [0.1, 0.15) is 19.3 Å². The third-order valence-electron chi connectivity index (χ3n) is 2.41. The van der Waals surface area contributed by atoms with Crippen molar-refractivity contribution in [3.05, 3.63) is 0 Å². The molecule has 6 nitrogen and oxygen atoms in total. The van der Waals surface area contributed by atoms with Gasteiger partial charge in [-0.3, -0.25) is 4.79 Å². The summed E-state index contributed by atoms with van der Waals surface area (Å²) in [6.07, 6.45) is 3.72.